The molecule has 1 aromatic carbocycles. The number of hydrogen-bond donors (Lipinski definition) is 2. The first-order chi connectivity index (χ1) is 14.9. The van der Waals surface area contributed by atoms with Gasteiger partial charge in [-0.05, 0) is 30.3 Å². The first-order valence-corrected chi connectivity index (χ1v) is 8.85. The summed E-state index contributed by atoms with van der Waals surface area (Å²) < 4.78 is 43.8. The van der Waals surface area contributed by atoms with Gasteiger partial charge in [0.05, 0.1) is 5.69 Å². The Hall–Kier alpha value is -4.28. The Balaban J connectivity index is 0.00000289. The second-order valence-corrected chi connectivity index (χ2v) is 6.25. The van der Waals surface area contributed by atoms with Gasteiger partial charge in [0.25, 0.3) is 0 Å². The molecule has 11 heteroatoms. The average Bonchev–Trinajstić information content (AvgIpc) is 2.75. The van der Waals surface area contributed by atoms with Crippen LogP contribution in [0.4, 0.5) is 30.6 Å². The fourth-order valence-electron chi connectivity index (χ4n) is 2.63. The minimum atomic E-state index is -4.54. The number of nitrogens with zero attached hydrogens (tertiary/aromatic N) is 5. The number of rotatable bonds is 5. The van der Waals surface area contributed by atoms with E-state index in [0.29, 0.717) is 28.5 Å². The lowest BCUT2D eigenvalue weighted by Gasteiger charge is -2.11. The lowest BCUT2D eigenvalue weighted by atomic mass is 10.2. The standard InChI is InChI=1S/C20H14F3N7O.CH4/c21-20(22,23)17-7-15(5-6-27-17)31-14-3-1-13(2-4-14)28-18-8-16(29-19(24)30-18)12-9-25-11-26-10-12;/h1-11H,(H3,24,28,29,30);1H4. The quantitative estimate of drug-likeness (QED) is 0.440. The van der Waals surface area contributed by atoms with E-state index in [1.165, 1.54) is 12.4 Å². The normalized spacial score (nSPS) is 10.8. The fourth-order valence-corrected chi connectivity index (χ4v) is 2.63. The number of alkyl halides is 3. The molecule has 0 spiro atoms. The maximum Gasteiger partial charge on any atom is 0.433 e. The molecule has 0 fully saturated rings. The lowest BCUT2D eigenvalue weighted by molar-refractivity contribution is -0.141. The van der Waals surface area contributed by atoms with Gasteiger partial charge in [0.2, 0.25) is 5.95 Å². The summed E-state index contributed by atoms with van der Waals surface area (Å²) in [7, 11) is 0. The van der Waals surface area contributed by atoms with Crippen molar-refractivity contribution in [3.8, 4) is 22.8 Å². The molecule has 32 heavy (non-hydrogen) atoms. The van der Waals surface area contributed by atoms with Crippen molar-refractivity contribution in [3.63, 3.8) is 0 Å². The maximum absolute atomic E-state index is 12.8. The number of anilines is 3. The highest BCUT2D eigenvalue weighted by atomic mass is 19.4. The van der Waals surface area contributed by atoms with Crippen LogP contribution in [0.5, 0.6) is 11.5 Å². The smallest absolute Gasteiger partial charge is 0.433 e. The molecule has 0 unspecified atom stereocenters. The van der Waals surface area contributed by atoms with Crippen LogP contribution in [0.25, 0.3) is 11.3 Å². The summed E-state index contributed by atoms with van der Waals surface area (Å²) in [5, 5.41) is 3.09. The van der Waals surface area contributed by atoms with E-state index in [-0.39, 0.29) is 19.1 Å². The molecule has 0 saturated carbocycles. The number of nitrogens with one attached hydrogen (secondary N) is 1. The van der Waals surface area contributed by atoms with Crippen molar-refractivity contribution in [2.45, 2.75) is 13.6 Å². The zero-order chi connectivity index (χ0) is 21.8. The number of halogens is 3. The van der Waals surface area contributed by atoms with Crippen LogP contribution in [-0.2, 0) is 6.18 Å². The lowest BCUT2D eigenvalue weighted by Crippen LogP contribution is -2.07. The Bertz CT molecular complexity index is 1190. The third kappa shape index (κ3) is 5.45. The van der Waals surface area contributed by atoms with Gasteiger partial charge in [-0.25, -0.2) is 15.0 Å². The average molecular weight is 441 g/mol. The van der Waals surface area contributed by atoms with Crippen LogP contribution in [0.1, 0.15) is 13.1 Å². The first kappa shape index (κ1) is 22.4. The van der Waals surface area contributed by atoms with Crippen LogP contribution in [0.2, 0.25) is 0 Å². The zero-order valence-corrected chi connectivity index (χ0v) is 15.7. The molecule has 3 N–H and O–H groups in total. The van der Waals surface area contributed by atoms with Crippen LogP contribution >= 0.6 is 0 Å². The molecule has 0 aliphatic carbocycles. The predicted octanol–water partition coefficient (Wildman–Crippen LogP) is 5.10. The van der Waals surface area contributed by atoms with Gasteiger partial charge in [0.15, 0.2) is 0 Å². The van der Waals surface area contributed by atoms with Crippen molar-refractivity contribution in [1.82, 2.24) is 24.9 Å². The Morgan fingerprint density at radius 3 is 2.31 bits per heavy atom. The number of ether oxygens (including phenoxy) is 1. The molecule has 164 valence electrons. The highest BCUT2D eigenvalue weighted by Crippen LogP contribution is 2.31. The molecule has 0 bridgehead atoms. The molecule has 0 aliphatic rings. The molecule has 0 aliphatic heterocycles. The summed E-state index contributed by atoms with van der Waals surface area (Å²) in [4.78, 5) is 19.5. The molecule has 3 heterocycles. The number of aromatic nitrogens is 5. The Kier molecular flexibility index (Phi) is 6.47. The summed E-state index contributed by atoms with van der Waals surface area (Å²) >= 11 is 0. The van der Waals surface area contributed by atoms with Crippen molar-refractivity contribution in [2.24, 2.45) is 0 Å². The van der Waals surface area contributed by atoms with Gasteiger partial charge in [-0.15, -0.1) is 0 Å². The number of nitrogens with two attached hydrogens (primary N) is 1. The highest BCUT2D eigenvalue weighted by molar-refractivity contribution is 5.66. The minimum Gasteiger partial charge on any atom is -0.457 e. The van der Waals surface area contributed by atoms with Gasteiger partial charge in [-0.3, -0.25) is 4.98 Å². The van der Waals surface area contributed by atoms with Crippen molar-refractivity contribution < 1.29 is 17.9 Å². The largest absolute Gasteiger partial charge is 0.457 e. The zero-order valence-electron chi connectivity index (χ0n) is 15.7. The van der Waals surface area contributed by atoms with E-state index in [1.807, 2.05) is 0 Å². The Morgan fingerprint density at radius 2 is 1.62 bits per heavy atom. The maximum atomic E-state index is 12.8. The summed E-state index contributed by atoms with van der Waals surface area (Å²) in [6.45, 7) is 0. The van der Waals surface area contributed by atoms with Crippen LogP contribution in [0.15, 0.2) is 67.4 Å². The Labute approximate surface area is 181 Å². The van der Waals surface area contributed by atoms with Gasteiger partial charge in [-0.1, -0.05) is 7.43 Å². The van der Waals surface area contributed by atoms with Gasteiger partial charge in [0.1, 0.15) is 29.3 Å². The van der Waals surface area contributed by atoms with E-state index >= 15 is 0 Å². The fraction of sp³-hybridized carbons (Fsp3) is 0.0952. The second kappa shape index (κ2) is 9.25. The monoisotopic (exact) mass is 441 g/mol. The van der Waals surface area contributed by atoms with Crippen molar-refractivity contribution in [1.29, 1.82) is 0 Å². The molecule has 0 atom stereocenters. The van der Waals surface area contributed by atoms with Crippen LogP contribution in [0.3, 0.4) is 0 Å². The predicted molar refractivity (Wildman–Crippen MR) is 113 cm³/mol. The van der Waals surface area contributed by atoms with E-state index in [4.69, 9.17) is 10.5 Å². The van der Waals surface area contributed by atoms with Gasteiger partial charge < -0.3 is 15.8 Å². The van der Waals surface area contributed by atoms with E-state index in [0.717, 1.165) is 12.3 Å². The molecular weight excluding hydrogens is 423 g/mol. The second-order valence-electron chi connectivity index (χ2n) is 6.25. The number of benzene rings is 1. The van der Waals surface area contributed by atoms with Crippen molar-refractivity contribution >= 4 is 17.5 Å². The van der Waals surface area contributed by atoms with Gasteiger partial charge >= 0.3 is 6.18 Å². The number of nitrogen functional groups attached to an aromatic ring is 1. The highest BCUT2D eigenvalue weighted by Gasteiger charge is 2.32. The molecule has 0 saturated heterocycles. The van der Waals surface area contributed by atoms with E-state index in [9.17, 15) is 13.2 Å². The van der Waals surface area contributed by atoms with Gasteiger partial charge in [0, 0.05) is 42.0 Å². The van der Waals surface area contributed by atoms with Crippen molar-refractivity contribution in [2.75, 3.05) is 11.1 Å². The number of pyridine rings is 1. The Morgan fingerprint density at radius 1 is 0.906 bits per heavy atom. The third-order valence-electron chi connectivity index (χ3n) is 3.98. The third-order valence-corrected chi connectivity index (χ3v) is 3.98. The minimum absolute atomic E-state index is 0. The summed E-state index contributed by atoms with van der Waals surface area (Å²) in [5.74, 6) is 0.904. The molecule has 4 rings (SSSR count). The topological polar surface area (TPSA) is 112 Å². The number of hydrogen-bond acceptors (Lipinski definition) is 8. The summed E-state index contributed by atoms with van der Waals surface area (Å²) in [6, 6.07) is 10.5. The van der Waals surface area contributed by atoms with E-state index < -0.39 is 11.9 Å². The van der Waals surface area contributed by atoms with Crippen LogP contribution < -0.4 is 15.8 Å². The van der Waals surface area contributed by atoms with Crippen LogP contribution in [0, 0.1) is 0 Å². The summed E-state index contributed by atoms with van der Waals surface area (Å²) in [5.41, 5.74) is 6.66. The van der Waals surface area contributed by atoms with E-state index in [2.05, 4.69) is 30.2 Å². The molecule has 0 radical (unpaired) electrons. The van der Waals surface area contributed by atoms with Crippen LogP contribution in [-0.4, -0.2) is 24.9 Å². The molecule has 0 amide bonds. The molecule has 3 aromatic heterocycles. The first-order valence-electron chi connectivity index (χ1n) is 8.85. The van der Waals surface area contributed by atoms with Gasteiger partial charge in [-0.2, -0.15) is 18.2 Å². The molecule has 4 aromatic rings. The SMILES string of the molecule is C.Nc1nc(Nc2ccc(Oc3ccnc(C(F)(F)F)c3)cc2)cc(-c2cncnc2)n1. The molecule has 8 nitrogen and oxygen atoms in total. The summed E-state index contributed by atoms with van der Waals surface area (Å²) in [6.07, 6.45) is 1.12. The van der Waals surface area contributed by atoms with Crippen molar-refractivity contribution in [3.05, 3.63) is 73.1 Å². The molecular formula is C21H18F3N7O. The van der Waals surface area contributed by atoms with E-state index in [1.54, 1.807) is 42.7 Å².